The molecular weight excluding hydrogens is 474 g/mol. The first kappa shape index (κ1) is 24.8. The summed E-state index contributed by atoms with van der Waals surface area (Å²) in [5.74, 6) is -3.68. The molecule has 0 radical (unpaired) electrons. The second-order valence-corrected chi connectivity index (χ2v) is 17.7. The van der Waals surface area contributed by atoms with Gasteiger partial charge in [0.2, 0.25) is 0 Å². The molecule has 11 heteroatoms. The van der Waals surface area contributed by atoms with E-state index in [1.807, 2.05) is 0 Å². The minimum atomic E-state index is -5.20. The average Bonchev–Trinajstić information content (AvgIpc) is 2.67. The van der Waals surface area contributed by atoms with Crippen molar-refractivity contribution in [1.29, 1.82) is 0 Å². The summed E-state index contributed by atoms with van der Waals surface area (Å²) >= 11 is 8.25. The topological polar surface area (TPSA) is 57.6 Å². The minimum absolute atomic E-state index is 0.168. The fourth-order valence-corrected chi connectivity index (χ4v) is 12.3. The lowest BCUT2D eigenvalue weighted by molar-refractivity contribution is -0.188. The molecule has 0 saturated heterocycles. The molecule has 1 amide bonds. The number of aliphatic carboxylic acids is 1. The molecule has 162 valence electrons. The van der Waals surface area contributed by atoms with Crippen LogP contribution in [0.4, 0.5) is 13.2 Å². The number of amides is 1. The van der Waals surface area contributed by atoms with Crippen molar-refractivity contribution in [3.05, 3.63) is 60.7 Å². The molecule has 0 heterocycles. The maximum atomic E-state index is 13.3. The number of nitrogens with zero attached hydrogens (tertiary/aromatic N) is 1. The monoisotopic (exact) mass is 493 g/mol. The van der Waals surface area contributed by atoms with Gasteiger partial charge in [0.25, 0.3) is 0 Å². The number of benzene rings is 2. The second-order valence-electron chi connectivity index (χ2n) is 6.10. The Morgan fingerprint density at radius 3 is 1.80 bits per heavy atom. The van der Waals surface area contributed by atoms with Crippen LogP contribution in [-0.4, -0.2) is 40.4 Å². The smallest absolute Gasteiger partial charge is 0.471 e. The molecule has 1 N–H and O–H groups in total. The highest BCUT2D eigenvalue weighted by Gasteiger charge is 2.47. The Balaban J connectivity index is 2.46. The number of carbonyl (C=O) groups excluding carboxylic acids is 1. The molecule has 2 aromatic carbocycles. The zero-order valence-corrected chi connectivity index (χ0v) is 19.1. The third-order valence-electron chi connectivity index (χ3n) is 3.85. The number of carboxylic acid groups (broad SMARTS) is 1. The molecule has 30 heavy (non-hydrogen) atoms. The lowest BCUT2D eigenvalue weighted by atomic mass is 10.2. The third kappa shape index (κ3) is 7.04. The Hall–Kier alpha value is -1.48. The third-order valence-corrected chi connectivity index (χ3v) is 12.7. The Labute approximate surface area is 185 Å². The predicted octanol–water partition coefficient (Wildman–Crippen LogP) is 6.09. The van der Waals surface area contributed by atoms with Gasteiger partial charge in [0.1, 0.15) is 6.04 Å². The number of rotatable bonds is 9. The van der Waals surface area contributed by atoms with Crippen molar-refractivity contribution in [3.8, 4) is 0 Å². The van der Waals surface area contributed by atoms with Gasteiger partial charge in [-0.05, 0) is 30.7 Å². The van der Waals surface area contributed by atoms with Crippen LogP contribution < -0.4 is 0 Å². The van der Waals surface area contributed by atoms with Crippen LogP contribution in [0, 0.1) is 0 Å². The summed E-state index contributed by atoms with van der Waals surface area (Å²) in [6, 6.07) is 16.2. The molecular formula is C19H19F3NO3PS3. The van der Waals surface area contributed by atoms with E-state index in [1.165, 1.54) is 29.7 Å². The average molecular weight is 494 g/mol. The lowest BCUT2D eigenvalue weighted by Crippen LogP contribution is -2.50. The van der Waals surface area contributed by atoms with Crippen molar-refractivity contribution in [1.82, 2.24) is 4.90 Å². The van der Waals surface area contributed by atoms with Crippen LogP contribution in [0.25, 0.3) is 0 Å². The van der Waals surface area contributed by atoms with Crippen molar-refractivity contribution < 1.29 is 27.9 Å². The molecule has 4 nitrogen and oxygen atoms in total. The summed E-state index contributed by atoms with van der Waals surface area (Å²) in [6.45, 7) is 1.42. The molecule has 0 aromatic heterocycles. The highest BCUT2D eigenvalue weighted by molar-refractivity contribution is 9.00. The normalized spacial score (nSPS) is 12.9. The first-order valence-electron chi connectivity index (χ1n) is 8.74. The largest absolute Gasteiger partial charge is 0.480 e. The standard InChI is InChI=1S/C19H19F3NO3PS3/c1-2-16(17(24)25)23(18(26)19(20,21)22)13-27(28,29-14-9-5-3-6-10-14)30-15-11-7-4-8-12-15/h3-12,16H,2,13H2,1H3,(H,24,25). The van der Waals surface area contributed by atoms with Gasteiger partial charge in [-0.15, -0.1) is 0 Å². The zero-order chi connectivity index (χ0) is 22.4. The first-order chi connectivity index (χ1) is 14.1. The highest BCUT2D eigenvalue weighted by Crippen LogP contribution is 2.74. The van der Waals surface area contributed by atoms with Gasteiger partial charge in [0, 0.05) is 9.79 Å². The molecule has 1 atom stereocenters. The molecule has 2 aromatic rings. The molecule has 0 bridgehead atoms. The summed E-state index contributed by atoms with van der Waals surface area (Å²) in [6.07, 6.45) is -5.85. The van der Waals surface area contributed by atoms with Crippen molar-refractivity contribution in [2.75, 3.05) is 6.29 Å². The molecule has 0 aliphatic rings. The second kappa shape index (κ2) is 10.7. The fraction of sp³-hybridized carbons (Fsp3) is 0.263. The summed E-state index contributed by atoms with van der Waals surface area (Å²) < 4.78 is 37.0. The van der Waals surface area contributed by atoms with E-state index < -0.39 is 34.8 Å². The van der Waals surface area contributed by atoms with Gasteiger partial charge in [0.15, 0.2) is 0 Å². The van der Waals surface area contributed by atoms with Crippen LogP contribution in [0.3, 0.4) is 0 Å². The maximum absolute atomic E-state index is 13.3. The lowest BCUT2D eigenvalue weighted by Gasteiger charge is -2.33. The number of carboxylic acids is 1. The van der Waals surface area contributed by atoms with E-state index in [-0.39, 0.29) is 6.42 Å². The van der Waals surface area contributed by atoms with E-state index in [2.05, 4.69) is 0 Å². The first-order valence-corrected chi connectivity index (χ1v) is 14.6. The quantitative estimate of drug-likeness (QED) is 0.427. The van der Waals surface area contributed by atoms with Crippen LogP contribution in [0.1, 0.15) is 13.3 Å². The van der Waals surface area contributed by atoms with Crippen molar-refractivity contribution in [2.24, 2.45) is 0 Å². The van der Waals surface area contributed by atoms with Gasteiger partial charge in [-0.3, -0.25) is 4.79 Å². The van der Waals surface area contributed by atoms with E-state index >= 15 is 0 Å². The summed E-state index contributed by atoms with van der Waals surface area (Å²) in [4.78, 5) is 25.6. The van der Waals surface area contributed by atoms with Crippen LogP contribution in [-0.2, 0) is 21.4 Å². The number of carbonyl (C=O) groups is 2. The van der Waals surface area contributed by atoms with Gasteiger partial charge < -0.3 is 10.0 Å². The Morgan fingerprint density at radius 1 is 1.03 bits per heavy atom. The van der Waals surface area contributed by atoms with Crippen molar-refractivity contribution in [3.63, 3.8) is 0 Å². The molecule has 0 aliphatic heterocycles. The van der Waals surface area contributed by atoms with Gasteiger partial charge in [-0.2, -0.15) is 13.2 Å². The van der Waals surface area contributed by atoms with E-state index in [9.17, 15) is 27.9 Å². The summed E-state index contributed by atoms with van der Waals surface area (Å²) in [5.41, 5.74) is 0. The van der Waals surface area contributed by atoms with E-state index in [4.69, 9.17) is 11.8 Å². The molecule has 0 fully saturated rings. The number of alkyl halides is 3. The fourth-order valence-electron chi connectivity index (χ4n) is 2.54. The van der Waals surface area contributed by atoms with E-state index in [0.717, 1.165) is 9.79 Å². The van der Waals surface area contributed by atoms with E-state index in [0.29, 0.717) is 4.90 Å². The number of hydrogen-bond donors (Lipinski definition) is 1. The van der Waals surface area contributed by atoms with Gasteiger partial charge in [-0.25, -0.2) is 4.79 Å². The molecule has 0 saturated carbocycles. The Morgan fingerprint density at radius 2 is 1.47 bits per heavy atom. The number of halogens is 3. The Kier molecular flexibility index (Phi) is 8.85. The SMILES string of the molecule is CCC(C(=O)O)N(CP(=S)(Sc1ccccc1)Sc1ccccc1)C(=O)C(F)(F)F. The summed E-state index contributed by atoms with van der Waals surface area (Å²) in [7, 11) is 0. The van der Waals surface area contributed by atoms with E-state index in [1.54, 1.807) is 60.7 Å². The van der Waals surface area contributed by atoms with Crippen molar-refractivity contribution in [2.45, 2.75) is 35.4 Å². The Bertz CT molecular complexity index is 868. The molecule has 1 unspecified atom stereocenters. The molecule has 0 spiro atoms. The van der Waals surface area contributed by atoms with Gasteiger partial charge in [-0.1, -0.05) is 77.9 Å². The van der Waals surface area contributed by atoms with Gasteiger partial charge in [0.05, 0.1) is 10.7 Å². The molecule has 2 rings (SSSR count). The van der Waals surface area contributed by atoms with Crippen LogP contribution in [0.15, 0.2) is 70.5 Å². The van der Waals surface area contributed by atoms with Crippen molar-refractivity contribution >= 4 is 50.9 Å². The summed E-state index contributed by atoms with van der Waals surface area (Å²) in [5, 5.41) is 9.44. The minimum Gasteiger partial charge on any atom is -0.480 e. The molecule has 0 aliphatic carbocycles. The van der Waals surface area contributed by atoms with Gasteiger partial charge >= 0.3 is 18.1 Å². The van der Waals surface area contributed by atoms with Crippen LogP contribution >= 0.6 is 27.2 Å². The van der Waals surface area contributed by atoms with Crippen LogP contribution in [0.2, 0.25) is 0 Å². The zero-order valence-electron chi connectivity index (χ0n) is 15.8. The predicted molar refractivity (Wildman–Crippen MR) is 118 cm³/mol. The number of hydrogen-bond acceptors (Lipinski definition) is 5. The van der Waals surface area contributed by atoms with Crippen LogP contribution in [0.5, 0.6) is 0 Å². The highest BCUT2D eigenvalue weighted by atomic mass is 33.2. The maximum Gasteiger partial charge on any atom is 0.471 e.